The molecule has 3 nitrogen and oxygen atoms in total. The van der Waals surface area contributed by atoms with Crippen molar-refractivity contribution >= 4 is 10.9 Å². The highest BCUT2D eigenvalue weighted by molar-refractivity contribution is 5.79. The van der Waals surface area contributed by atoms with E-state index in [1.165, 1.54) is 22.2 Å². The number of nitrogens with zero attached hydrogens (tertiary/aromatic N) is 2. The Hall–Kier alpha value is -2.39. The minimum atomic E-state index is 0.0771. The molecule has 0 spiro atoms. The number of phenolic OH excluding ortho intramolecular Hbond substituents is 1. The van der Waals surface area contributed by atoms with Crippen LogP contribution in [0.1, 0.15) is 23.2 Å². The largest absolute Gasteiger partial charge is 0.508 e. The topological polar surface area (TPSA) is 36.4 Å². The van der Waals surface area contributed by atoms with Gasteiger partial charge in [-0.15, -0.1) is 0 Å². The molecule has 1 saturated heterocycles. The number of rotatable bonds is 1. The summed E-state index contributed by atoms with van der Waals surface area (Å²) in [7, 11) is 2.22. The van der Waals surface area contributed by atoms with Crippen molar-refractivity contribution in [1.29, 1.82) is 0 Å². The van der Waals surface area contributed by atoms with Crippen molar-refractivity contribution in [2.45, 2.75) is 24.7 Å². The molecule has 0 saturated carbocycles. The Morgan fingerprint density at radius 2 is 2.00 bits per heavy atom. The van der Waals surface area contributed by atoms with Gasteiger partial charge in [-0.2, -0.15) is 0 Å². The van der Waals surface area contributed by atoms with Crippen LogP contribution in [0.25, 0.3) is 10.9 Å². The number of phenols is 1. The van der Waals surface area contributed by atoms with Gasteiger partial charge in [-0.1, -0.05) is 30.3 Å². The fourth-order valence-electron chi connectivity index (χ4n) is 5.12. The van der Waals surface area contributed by atoms with Crippen LogP contribution in [0, 0.1) is 5.92 Å². The van der Waals surface area contributed by atoms with Crippen LogP contribution in [0.15, 0.2) is 54.6 Å². The lowest BCUT2D eigenvalue weighted by molar-refractivity contribution is 0.0987. The summed E-state index contributed by atoms with van der Waals surface area (Å²) < 4.78 is 0. The van der Waals surface area contributed by atoms with Crippen molar-refractivity contribution in [3.05, 3.63) is 71.4 Å². The molecule has 2 aromatic carbocycles. The lowest BCUT2D eigenvalue weighted by Crippen LogP contribution is -2.53. The van der Waals surface area contributed by atoms with E-state index in [2.05, 4.69) is 48.3 Å². The number of likely N-dealkylation sites (tertiary alicyclic amines) is 1. The first-order chi connectivity index (χ1) is 12.6. The molecule has 26 heavy (non-hydrogen) atoms. The average molecular weight is 344 g/mol. The molecule has 1 N–H and O–H groups in total. The molecule has 1 aliphatic carbocycles. The second-order valence-electron chi connectivity index (χ2n) is 8.08. The SMILES string of the molecule is CN1CCC2(c3cccc(O)c3)Cc3nc4ccccc4cc3C[C@H]2C1. The maximum Gasteiger partial charge on any atom is 0.115 e. The molecule has 3 aromatic rings. The van der Waals surface area contributed by atoms with E-state index in [0.29, 0.717) is 11.7 Å². The first kappa shape index (κ1) is 15.8. The zero-order chi connectivity index (χ0) is 17.7. The van der Waals surface area contributed by atoms with Gasteiger partial charge in [0.15, 0.2) is 0 Å². The molecule has 5 rings (SSSR count). The molecule has 1 unspecified atom stereocenters. The highest BCUT2D eigenvalue weighted by Crippen LogP contribution is 2.48. The van der Waals surface area contributed by atoms with E-state index >= 15 is 0 Å². The summed E-state index contributed by atoms with van der Waals surface area (Å²) in [4.78, 5) is 7.49. The summed E-state index contributed by atoms with van der Waals surface area (Å²) in [6.07, 6.45) is 3.15. The van der Waals surface area contributed by atoms with Gasteiger partial charge in [-0.25, -0.2) is 0 Å². The predicted octanol–water partition coefficient (Wildman–Crippen LogP) is 3.93. The van der Waals surface area contributed by atoms with E-state index in [1.54, 1.807) is 6.07 Å². The predicted molar refractivity (Wildman–Crippen MR) is 105 cm³/mol. The second kappa shape index (κ2) is 5.82. The van der Waals surface area contributed by atoms with E-state index in [4.69, 9.17) is 4.98 Å². The van der Waals surface area contributed by atoms with Crippen LogP contribution in [0.5, 0.6) is 5.75 Å². The number of hydrogen-bond donors (Lipinski definition) is 1. The third-order valence-corrected chi connectivity index (χ3v) is 6.52. The number of hydrogen-bond acceptors (Lipinski definition) is 3. The van der Waals surface area contributed by atoms with Crippen molar-refractivity contribution in [3.63, 3.8) is 0 Å². The monoisotopic (exact) mass is 344 g/mol. The minimum absolute atomic E-state index is 0.0771. The molecule has 2 atom stereocenters. The Bertz CT molecular complexity index is 983. The van der Waals surface area contributed by atoms with Gasteiger partial charge >= 0.3 is 0 Å². The van der Waals surface area contributed by atoms with E-state index in [0.717, 1.165) is 37.9 Å². The quantitative estimate of drug-likeness (QED) is 0.727. The number of pyridine rings is 1. The van der Waals surface area contributed by atoms with Crippen LogP contribution >= 0.6 is 0 Å². The Morgan fingerprint density at radius 1 is 1.12 bits per heavy atom. The highest BCUT2D eigenvalue weighted by atomic mass is 16.3. The maximum absolute atomic E-state index is 10.1. The van der Waals surface area contributed by atoms with Crippen molar-refractivity contribution < 1.29 is 5.11 Å². The summed E-state index contributed by atoms with van der Waals surface area (Å²) in [5.74, 6) is 0.922. The Balaban J connectivity index is 1.67. The Labute approximate surface area is 154 Å². The molecule has 3 heteroatoms. The van der Waals surface area contributed by atoms with Crippen molar-refractivity contribution in [2.24, 2.45) is 5.92 Å². The van der Waals surface area contributed by atoms with Crippen molar-refractivity contribution in [2.75, 3.05) is 20.1 Å². The third-order valence-electron chi connectivity index (χ3n) is 6.52. The number of aromatic nitrogens is 1. The van der Waals surface area contributed by atoms with Gasteiger partial charge in [0, 0.05) is 29.5 Å². The van der Waals surface area contributed by atoms with E-state index in [-0.39, 0.29) is 5.41 Å². The van der Waals surface area contributed by atoms with E-state index in [1.807, 2.05) is 12.1 Å². The van der Waals surface area contributed by atoms with Crippen molar-refractivity contribution in [3.8, 4) is 5.75 Å². The average Bonchev–Trinajstić information content (AvgIpc) is 2.65. The van der Waals surface area contributed by atoms with E-state index in [9.17, 15) is 5.11 Å². The Morgan fingerprint density at radius 3 is 2.88 bits per heavy atom. The Kier molecular flexibility index (Phi) is 3.54. The van der Waals surface area contributed by atoms with Gasteiger partial charge in [-0.3, -0.25) is 4.98 Å². The number of piperidine rings is 1. The third kappa shape index (κ3) is 2.42. The van der Waals surface area contributed by atoms with Gasteiger partial charge in [0.05, 0.1) is 5.52 Å². The molecule has 132 valence electrons. The molecule has 0 radical (unpaired) electrons. The van der Waals surface area contributed by atoms with Crippen LogP contribution in [0.4, 0.5) is 0 Å². The molecule has 0 amide bonds. The molecule has 1 aromatic heterocycles. The number of para-hydroxylation sites is 1. The maximum atomic E-state index is 10.1. The minimum Gasteiger partial charge on any atom is -0.508 e. The summed E-state index contributed by atoms with van der Waals surface area (Å²) in [5, 5.41) is 11.3. The van der Waals surface area contributed by atoms with Crippen LogP contribution in [-0.2, 0) is 18.3 Å². The van der Waals surface area contributed by atoms with Crippen LogP contribution in [-0.4, -0.2) is 35.1 Å². The lowest BCUT2D eigenvalue weighted by atomic mass is 9.58. The normalized spacial score (nSPS) is 25.7. The molecular weight excluding hydrogens is 320 g/mol. The van der Waals surface area contributed by atoms with Gasteiger partial charge in [0.25, 0.3) is 0 Å². The first-order valence-corrected chi connectivity index (χ1v) is 9.50. The lowest BCUT2D eigenvalue weighted by Gasteiger charge is -2.50. The van der Waals surface area contributed by atoms with Crippen LogP contribution < -0.4 is 0 Å². The molecule has 1 fully saturated rings. The summed E-state index contributed by atoms with van der Waals surface area (Å²) in [6.45, 7) is 2.19. The van der Waals surface area contributed by atoms with Crippen LogP contribution in [0.2, 0.25) is 0 Å². The van der Waals surface area contributed by atoms with Gasteiger partial charge in [0.1, 0.15) is 5.75 Å². The van der Waals surface area contributed by atoms with Crippen LogP contribution in [0.3, 0.4) is 0 Å². The standard InChI is InChI=1S/C23H24N2O/c1-25-10-9-23(18-6-4-7-20(26)13-18)14-22-17(12-19(23)15-25)11-16-5-2-3-8-21(16)24-22/h2-8,11,13,19,26H,9-10,12,14-15H2,1H3/t19-,23?/m0/s1. The number of fused-ring (bicyclic) bond motifs is 3. The molecular formula is C23H24N2O. The summed E-state index contributed by atoms with van der Waals surface area (Å²) in [5.41, 5.74) is 5.08. The fourth-order valence-corrected chi connectivity index (χ4v) is 5.12. The van der Waals surface area contributed by atoms with Gasteiger partial charge in [0.2, 0.25) is 0 Å². The zero-order valence-electron chi connectivity index (χ0n) is 15.2. The highest BCUT2D eigenvalue weighted by Gasteiger charge is 2.47. The van der Waals surface area contributed by atoms with Crippen molar-refractivity contribution in [1.82, 2.24) is 9.88 Å². The molecule has 1 aliphatic heterocycles. The zero-order valence-corrected chi connectivity index (χ0v) is 15.2. The summed E-state index contributed by atoms with van der Waals surface area (Å²) in [6, 6.07) is 18.7. The molecule has 2 heterocycles. The number of benzene rings is 2. The van der Waals surface area contributed by atoms with E-state index < -0.39 is 0 Å². The summed E-state index contributed by atoms with van der Waals surface area (Å²) >= 11 is 0. The van der Waals surface area contributed by atoms with Gasteiger partial charge in [-0.05, 0) is 67.7 Å². The molecule has 2 aliphatic rings. The fraction of sp³-hybridized carbons (Fsp3) is 0.348. The molecule has 0 bridgehead atoms. The first-order valence-electron chi connectivity index (χ1n) is 9.50. The smallest absolute Gasteiger partial charge is 0.115 e. The van der Waals surface area contributed by atoms with Gasteiger partial charge < -0.3 is 10.0 Å². The number of aromatic hydroxyl groups is 1. The second-order valence-corrected chi connectivity index (χ2v) is 8.08.